The summed E-state index contributed by atoms with van der Waals surface area (Å²) in [5.74, 6) is 0.720. The molecule has 0 spiro atoms. The van der Waals surface area contributed by atoms with Gasteiger partial charge in [-0.2, -0.15) is 0 Å². The predicted molar refractivity (Wildman–Crippen MR) is 53.8 cm³/mol. The van der Waals surface area contributed by atoms with E-state index in [0.717, 1.165) is 0 Å². The maximum Gasteiger partial charge on any atom is 0.220 e. The van der Waals surface area contributed by atoms with Crippen molar-refractivity contribution < 1.29 is 9.90 Å². The summed E-state index contributed by atoms with van der Waals surface area (Å²) in [7, 11) is 0. The Morgan fingerprint density at radius 3 is 2.54 bits per heavy atom. The standard InChI is InChI=1S/C9H18ClNO2/c1-7(2)8(6-12)11-9(13)4-3-5-10/h7-8,12H,3-6H2,1-2H3,(H,11,13)/t8-/m1/s1. The first-order chi connectivity index (χ1) is 6.11. The van der Waals surface area contributed by atoms with Gasteiger partial charge in [-0.3, -0.25) is 4.79 Å². The summed E-state index contributed by atoms with van der Waals surface area (Å²) in [5.41, 5.74) is 0. The highest BCUT2D eigenvalue weighted by Gasteiger charge is 2.14. The first-order valence-corrected chi connectivity index (χ1v) is 5.11. The first-order valence-electron chi connectivity index (χ1n) is 4.58. The van der Waals surface area contributed by atoms with E-state index in [0.29, 0.717) is 18.7 Å². The van der Waals surface area contributed by atoms with E-state index in [4.69, 9.17) is 16.7 Å². The van der Waals surface area contributed by atoms with Crippen LogP contribution in [0.25, 0.3) is 0 Å². The Kier molecular flexibility index (Phi) is 7.00. The smallest absolute Gasteiger partial charge is 0.220 e. The molecule has 0 aliphatic heterocycles. The molecule has 0 saturated carbocycles. The molecule has 0 aromatic heterocycles. The quantitative estimate of drug-likeness (QED) is 0.642. The average molecular weight is 208 g/mol. The number of halogens is 1. The van der Waals surface area contributed by atoms with E-state index in [1.54, 1.807) is 0 Å². The number of alkyl halides is 1. The van der Waals surface area contributed by atoms with Crippen LogP contribution < -0.4 is 5.32 Å². The van der Waals surface area contributed by atoms with E-state index in [9.17, 15) is 4.79 Å². The fraction of sp³-hybridized carbons (Fsp3) is 0.889. The van der Waals surface area contributed by atoms with Crippen molar-refractivity contribution in [2.75, 3.05) is 12.5 Å². The zero-order valence-corrected chi connectivity index (χ0v) is 8.97. The minimum Gasteiger partial charge on any atom is -0.394 e. The first kappa shape index (κ1) is 12.7. The van der Waals surface area contributed by atoms with E-state index in [1.165, 1.54) is 0 Å². The van der Waals surface area contributed by atoms with Crippen molar-refractivity contribution in [2.24, 2.45) is 5.92 Å². The Hall–Kier alpha value is -0.280. The molecule has 0 bridgehead atoms. The summed E-state index contributed by atoms with van der Waals surface area (Å²) in [4.78, 5) is 11.2. The molecular formula is C9H18ClNO2. The topological polar surface area (TPSA) is 49.3 Å². The molecule has 1 atom stereocenters. The van der Waals surface area contributed by atoms with Crippen LogP contribution in [0, 0.1) is 5.92 Å². The van der Waals surface area contributed by atoms with Crippen LogP contribution in [0.3, 0.4) is 0 Å². The van der Waals surface area contributed by atoms with Crippen LogP contribution in [0.1, 0.15) is 26.7 Å². The van der Waals surface area contributed by atoms with Crippen LogP contribution in [0.15, 0.2) is 0 Å². The van der Waals surface area contributed by atoms with Crippen LogP contribution in [0.5, 0.6) is 0 Å². The molecule has 0 aromatic rings. The predicted octanol–water partition coefficient (Wildman–Crippen LogP) is 1.14. The van der Waals surface area contributed by atoms with Crippen molar-refractivity contribution >= 4 is 17.5 Å². The minimum atomic E-state index is -0.136. The van der Waals surface area contributed by atoms with Crippen molar-refractivity contribution in [1.29, 1.82) is 0 Å². The largest absolute Gasteiger partial charge is 0.394 e. The highest BCUT2D eigenvalue weighted by Crippen LogP contribution is 2.01. The molecule has 2 N–H and O–H groups in total. The van der Waals surface area contributed by atoms with Crippen LogP contribution in [-0.2, 0) is 4.79 Å². The summed E-state index contributed by atoms with van der Waals surface area (Å²) in [6, 6.07) is -0.136. The molecule has 13 heavy (non-hydrogen) atoms. The SMILES string of the molecule is CC(C)[C@@H](CO)NC(=O)CCCCl. The van der Waals surface area contributed by atoms with Crippen molar-refractivity contribution in [3.63, 3.8) is 0 Å². The summed E-state index contributed by atoms with van der Waals surface area (Å²) in [6.07, 6.45) is 1.12. The zero-order chi connectivity index (χ0) is 10.3. The Bertz CT molecular complexity index is 151. The number of nitrogens with one attached hydrogen (secondary N) is 1. The van der Waals surface area contributed by atoms with Crippen LogP contribution in [0.2, 0.25) is 0 Å². The van der Waals surface area contributed by atoms with Gasteiger partial charge in [0.15, 0.2) is 0 Å². The summed E-state index contributed by atoms with van der Waals surface area (Å²) in [5, 5.41) is 11.7. The van der Waals surface area contributed by atoms with Gasteiger partial charge in [0.1, 0.15) is 0 Å². The van der Waals surface area contributed by atoms with Crippen molar-refractivity contribution in [1.82, 2.24) is 5.32 Å². The molecule has 0 heterocycles. The van der Waals surface area contributed by atoms with Gasteiger partial charge in [0.2, 0.25) is 5.91 Å². The second-order valence-electron chi connectivity index (χ2n) is 3.39. The lowest BCUT2D eigenvalue weighted by Crippen LogP contribution is -2.41. The molecule has 4 heteroatoms. The Morgan fingerprint density at radius 2 is 2.15 bits per heavy atom. The van der Waals surface area contributed by atoms with Crippen molar-refractivity contribution in [3.05, 3.63) is 0 Å². The van der Waals surface area contributed by atoms with Gasteiger partial charge in [0.25, 0.3) is 0 Å². The molecule has 0 aromatic carbocycles. The van der Waals surface area contributed by atoms with Crippen LogP contribution in [0.4, 0.5) is 0 Å². The van der Waals surface area contributed by atoms with Gasteiger partial charge in [-0.15, -0.1) is 11.6 Å². The van der Waals surface area contributed by atoms with Crippen LogP contribution in [-0.4, -0.2) is 29.5 Å². The number of rotatable bonds is 6. The van der Waals surface area contributed by atoms with E-state index in [-0.39, 0.29) is 24.5 Å². The second kappa shape index (κ2) is 7.15. The molecule has 0 fully saturated rings. The third kappa shape index (κ3) is 5.88. The van der Waals surface area contributed by atoms with Gasteiger partial charge in [-0.25, -0.2) is 0 Å². The molecule has 0 saturated heterocycles. The Balaban J connectivity index is 3.73. The van der Waals surface area contributed by atoms with E-state index < -0.39 is 0 Å². The minimum absolute atomic E-state index is 0.00964. The van der Waals surface area contributed by atoms with Crippen molar-refractivity contribution in [3.8, 4) is 0 Å². The highest BCUT2D eigenvalue weighted by molar-refractivity contribution is 6.17. The number of aliphatic hydroxyl groups is 1. The summed E-state index contributed by atoms with van der Waals surface area (Å²) < 4.78 is 0. The lowest BCUT2D eigenvalue weighted by atomic mass is 10.1. The molecule has 1 amide bonds. The van der Waals surface area contributed by atoms with Gasteiger partial charge in [-0.1, -0.05) is 13.8 Å². The maximum absolute atomic E-state index is 11.2. The zero-order valence-electron chi connectivity index (χ0n) is 8.22. The maximum atomic E-state index is 11.2. The third-order valence-corrected chi connectivity index (χ3v) is 2.15. The molecule has 0 aliphatic rings. The van der Waals surface area contributed by atoms with Gasteiger partial charge in [0.05, 0.1) is 12.6 Å². The third-order valence-electron chi connectivity index (χ3n) is 1.89. The molecule has 78 valence electrons. The fourth-order valence-corrected chi connectivity index (χ4v) is 1.06. The molecular weight excluding hydrogens is 190 g/mol. The molecule has 0 rings (SSSR count). The number of hydrogen-bond acceptors (Lipinski definition) is 2. The molecule has 0 aliphatic carbocycles. The molecule has 0 unspecified atom stereocenters. The lowest BCUT2D eigenvalue weighted by Gasteiger charge is -2.19. The average Bonchev–Trinajstić information content (AvgIpc) is 2.10. The van der Waals surface area contributed by atoms with E-state index >= 15 is 0 Å². The van der Waals surface area contributed by atoms with Crippen LogP contribution >= 0.6 is 11.6 Å². The van der Waals surface area contributed by atoms with Crippen molar-refractivity contribution in [2.45, 2.75) is 32.7 Å². The van der Waals surface area contributed by atoms with Gasteiger partial charge in [-0.05, 0) is 12.3 Å². The Morgan fingerprint density at radius 1 is 1.54 bits per heavy atom. The summed E-state index contributed by atoms with van der Waals surface area (Å²) >= 11 is 5.45. The molecule has 3 nitrogen and oxygen atoms in total. The fourth-order valence-electron chi connectivity index (χ4n) is 0.929. The van der Waals surface area contributed by atoms with Gasteiger partial charge < -0.3 is 10.4 Å². The number of amides is 1. The van der Waals surface area contributed by atoms with Gasteiger partial charge in [0, 0.05) is 12.3 Å². The second-order valence-corrected chi connectivity index (χ2v) is 3.77. The number of aliphatic hydroxyl groups excluding tert-OH is 1. The highest BCUT2D eigenvalue weighted by atomic mass is 35.5. The number of carbonyl (C=O) groups is 1. The normalized spacial score (nSPS) is 13.0. The monoisotopic (exact) mass is 207 g/mol. The molecule has 0 radical (unpaired) electrons. The number of hydrogen-bond donors (Lipinski definition) is 2. The Labute approximate surface area is 84.5 Å². The lowest BCUT2D eigenvalue weighted by molar-refractivity contribution is -0.122. The summed E-state index contributed by atoms with van der Waals surface area (Å²) in [6.45, 7) is 3.91. The van der Waals surface area contributed by atoms with E-state index in [1.807, 2.05) is 13.8 Å². The van der Waals surface area contributed by atoms with E-state index in [2.05, 4.69) is 5.32 Å². The number of carbonyl (C=O) groups excluding carboxylic acids is 1. The van der Waals surface area contributed by atoms with Gasteiger partial charge >= 0.3 is 0 Å².